The first-order valence-corrected chi connectivity index (χ1v) is 31.8. The van der Waals surface area contributed by atoms with Crippen LogP contribution in [0.5, 0.6) is 17.2 Å². The Balaban J connectivity index is 0.000000139. The summed E-state index contributed by atoms with van der Waals surface area (Å²) in [4.78, 5) is 2.77. The molecule has 6 aromatic rings. The fraction of sp³-hybridized carbons (Fsp3) is 0.368. The lowest BCUT2D eigenvalue weighted by molar-refractivity contribution is 0.0395. The van der Waals surface area contributed by atoms with Gasteiger partial charge < -0.3 is 25.1 Å². The molecule has 3 fully saturated rings. The SMILES string of the molecule is N[C@@H]1CC[C@@]2(S(=O)(=O)c3ccc(Cl)cc3)c3c(F)ccc(F)c3OC[C@H]2C1.O=S(=O)(c1ccc(Cl)cc1)[C@@]12CC[C@H](O)C[C@@H]1COc1c(F)ccc(F)c12.[N-]=[N+]=N[C@@H]1CC[C@@]2(S(=O)(=O)c3ccc(Cl)cc3)c3c(F)ccc(F)c3OC[C@H]2C1. The highest BCUT2D eigenvalue weighted by molar-refractivity contribution is 7.93. The number of ether oxygens (including phenoxy) is 3. The molecule has 3 saturated carbocycles. The van der Waals surface area contributed by atoms with E-state index in [9.17, 15) is 52.3 Å². The number of aliphatic hydroxyl groups excluding tert-OH is 1. The summed E-state index contributed by atoms with van der Waals surface area (Å²) in [6.07, 6.45) is 0.770. The Morgan fingerprint density at radius 3 is 1.16 bits per heavy atom. The van der Waals surface area contributed by atoms with Crippen molar-refractivity contribution >= 4 is 64.3 Å². The van der Waals surface area contributed by atoms with E-state index in [2.05, 4.69) is 10.0 Å². The molecule has 0 unspecified atom stereocenters. The van der Waals surface area contributed by atoms with Crippen LogP contribution >= 0.6 is 34.8 Å². The summed E-state index contributed by atoms with van der Waals surface area (Å²) in [6, 6.07) is 21.8. The van der Waals surface area contributed by atoms with Crippen LogP contribution in [0.4, 0.5) is 26.3 Å². The monoisotopic (exact) mass is 1270 g/mol. The Kier molecular flexibility index (Phi) is 16.7. The van der Waals surface area contributed by atoms with Crippen LogP contribution in [0.15, 0.2) is 129 Å². The van der Waals surface area contributed by atoms with E-state index in [1.54, 1.807) is 0 Å². The number of aliphatic hydroxyl groups is 1. The maximum absolute atomic E-state index is 15.0. The van der Waals surface area contributed by atoms with Crippen molar-refractivity contribution in [3.8, 4) is 17.2 Å². The van der Waals surface area contributed by atoms with E-state index >= 15 is 4.39 Å². The zero-order valence-corrected chi connectivity index (χ0v) is 48.2. The van der Waals surface area contributed by atoms with Crippen molar-refractivity contribution in [3.05, 3.63) is 186 Å². The number of sulfone groups is 3. The lowest BCUT2D eigenvalue weighted by Gasteiger charge is -2.48. The molecule has 0 bridgehead atoms. The molecule has 12 rings (SSSR count). The molecule has 440 valence electrons. The van der Waals surface area contributed by atoms with Crippen LogP contribution in [0.3, 0.4) is 0 Å². The van der Waals surface area contributed by atoms with Crippen LogP contribution < -0.4 is 19.9 Å². The third kappa shape index (κ3) is 10.1. The first-order valence-electron chi connectivity index (χ1n) is 26.2. The number of hydrogen-bond acceptors (Lipinski definition) is 12. The zero-order chi connectivity index (χ0) is 59.6. The summed E-state index contributed by atoms with van der Waals surface area (Å²) < 4.78 is 182. The van der Waals surface area contributed by atoms with E-state index < -0.39 is 109 Å². The lowest BCUT2D eigenvalue weighted by Crippen LogP contribution is -2.54. The maximum Gasteiger partial charge on any atom is 0.188 e. The minimum atomic E-state index is -4.17. The van der Waals surface area contributed by atoms with Gasteiger partial charge in [0.15, 0.2) is 64.2 Å². The molecule has 3 aliphatic heterocycles. The van der Waals surface area contributed by atoms with Crippen LogP contribution in [0.2, 0.25) is 15.1 Å². The van der Waals surface area contributed by atoms with Gasteiger partial charge in [-0.25, -0.2) is 51.6 Å². The minimum absolute atomic E-state index is 0.0175. The third-order valence-electron chi connectivity index (χ3n) is 17.0. The topological polar surface area (TPSA) is 225 Å². The van der Waals surface area contributed by atoms with E-state index in [-0.39, 0.29) is 119 Å². The van der Waals surface area contributed by atoms with Crippen LogP contribution in [0.1, 0.15) is 74.5 Å². The predicted molar refractivity (Wildman–Crippen MR) is 295 cm³/mol. The highest BCUT2D eigenvalue weighted by Crippen LogP contribution is 2.60. The Morgan fingerprint density at radius 2 is 0.795 bits per heavy atom. The van der Waals surface area contributed by atoms with Crippen molar-refractivity contribution in [3.63, 3.8) is 0 Å². The van der Waals surface area contributed by atoms with E-state index in [0.717, 1.165) is 36.4 Å². The minimum Gasteiger partial charge on any atom is -0.490 e. The molecular formula is C57H51Cl3F6N4O10S3. The van der Waals surface area contributed by atoms with Crippen molar-refractivity contribution in [2.75, 3.05) is 19.8 Å². The summed E-state index contributed by atoms with van der Waals surface area (Å²) >= 11 is 17.7. The second-order valence-corrected chi connectivity index (χ2v) is 29.3. The predicted octanol–water partition coefficient (Wildman–Crippen LogP) is 12.8. The summed E-state index contributed by atoms with van der Waals surface area (Å²) in [5.41, 5.74) is 14.0. The molecule has 0 radical (unpaired) electrons. The van der Waals surface area contributed by atoms with E-state index in [1.165, 1.54) is 72.8 Å². The van der Waals surface area contributed by atoms with Crippen molar-refractivity contribution < 1.29 is 70.9 Å². The number of azide groups is 1. The molecule has 6 aromatic carbocycles. The number of fused-ring (bicyclic) bond motifs is 9. The summed E-state index contributed by atoms with van der Waals surface area (Å²) in [6.45, 7) is -0.275. The number of rotatable bonds is 7. The molecule has 0 spiro atoms. The van der Waals surface area contributed by atoms with Crippen molar-refractivity contribution in [2.45, 2.75) is 105 Å². The van der Waals surface area contributed by atoms with Gasteiger partial charge in [0.05, 0.1) is 57.3 Å². The standard InChI is InChI=1S/C19H16ClF2N3O3S.C19H18ClF2NO3S.C19H17ClF2O4S/c20-12-1-3-14(4-2-12)29(26,27)19-8-7-13(24-25-23)9-11(19)10-28-18-16(22)6-5-15(21)17(18)19;2*20-12-1-3-14(4-2-12)27(24,25)19-8-7-13(23)9-11(19)10-26-18-16(22)6-5-15(21)17(18)19/h1-6,11,13H,7-10H2;1-6,11,13H,7-10,23H2;1-6,11,13,23H,7-10H2/t2*11-,13-,19+;11-,13+,19+/m111/s1. The Bertz CT molecular complexity index is 3750. The van der Waals surface area contributed by atoms with Crippen LogP contribution in [-0.4, -0.2) is 68.4 Å². The molecule has 3 heterocycles. The molecule has 26 heteroatoms. The fourth-order valence-corrected chi connectivity index (χ4v) is 20.7. The largest absolute Gasteiger partial charge is 0.490 e. The van der Waals surface area contributed by atoms with Crippen LogP contribution in [-0.2, 0) is 43.8 Å². The maximum atomic E-state index is 15.0. The van der Waals surface area contributed by atoms with Crippen LogP contribution in [0.25, 0.3) is 10.4 Å². The molecule has 83 heavy (non-hydrogen) atoms. The van der Waals surface area contributed by atoms with Gasteiger partial charge in [0.1, 0.15) is 31.7 Å². The second kappa shape index (κ2) is 22.9. The van der Waals surface area contributed by atoms with Gasteiger partial charge in [0.25, 0.3) is 0 Å². The molecule has 3 aliphatic carbocycles. The first kappa shape index (κ1) is 60.4. The fourth-order valence-electron chi connectivity index (χ4n) is 13.2. The normalized spacial score (nSPS) is 26.9. The molecule has 9 atom stereocenters. The lowest BCUT2D eigenvalue weighted by atomic mass is 9.71. The van der Waals surface area contributed by atoms with Crippen LogP contribution in [0, 0.1) is 52.7 Å². The van der Waals surface area contributed by atoms with E-state index in [0.29, 0.717) is 27.9 Å². The van der Waals surface area contributed by atoms with Gasteiger partial charge in [-0.05, 0) is 173 Å². The highest BCUT2D eigenvalue weighted by Gasteiger charge is 2.62. The Labute approximate surface area is 489 Å². The molecule has 6 aliphatic rings. The van der Waals surface area contributed by atoms with Gasteiger partial charge in [-0.15, -0.1) is 0 Å². The average Bonchev–Trinajstić information content (AvgIpc) is 2.94. The summed E-state index contributed by atoms with van der Waals surface area (Å²) in [5, 5.41) is 14.9. The van der Waals surface area contributed by atoms with Crippen molar-refractivity contribution in [1.29, 1.82) is 0 Å². The number of halogens is 9. The number of hydrogen-bond donors (Lipinski definition) is 2. The molecule has 0 saturated heterocycles. The van der Waals surface area contributed by atoms with E-state index in [4.69, 9.17) is 60.3 Å². The molecular weight excluding hydrogens is 1220 g/mol. The zero-order valence-electron chi connectivity index (χ0n) is 43.5. The second-order valence-electron chi connectivity index (χ2n) is 21.4. The van der Waals surface area contributed by atoms with Gasteiger partial charge in [0, 0.05) is 49.8 Å². The Morgan fingerprint density at radius 1 is 0.482 bits per heavy atom. The number of nitrogens with two attached hydrogens (primary N) is 1. The van der Waals surface area contributed by atoms with Crippen molar-refractivity contribution in [1.82, 2.24) is 0 Å². The molecule has 0 aromatic heterocycles. The summed E-state index contributed by atoms with van der Waals surface area (Å²) in [7, 11) is -12.4. The Hall–Kier alpha value is -5.75. The van der Waals surface area contributed by atoms with Gasteiger partial charge in [-0.2, -0.15) is 0 Å². The van der Waals surface area contributed by atoms with Crippen molar-refractivity contribution in [2.24, 2.45) is 28.6 Å². The van der Waals surface area contributed by atoms with Gasteiger partial charge in [-0.1, -0.05) is 39.9 Å². The molecule has 0 amide bonds. The molecule has 3 N–H and O–H groups in total. The van der Waals surface area contributed by atoms with Gasteiger partial charge in [-0.3, -0.25) is 0 Å². The molecule has 14 nitrogen and oxygen atoms in total. The number of benzene rings is 6. The first-order chi connectivity index (χ1) is 39.3. The third-order valence-corrected chi connectivity index (χ3v) is 25.6. The number of nitrogens with zero attached hydrogens (tertiary/aromatic N) is 3. The van der Waals surface area contributed by atoms with E-state index in [1.807, 2.05) is 0 Å². The average molecular weight is 1270 g/mol. The quantitative estimate of drug-likeness (QED) is 0.0661. The smallest absolute Gasteiger partial charge is 0.188 e. The van der Waals surface area contributed by atoms with Gasteiger partial charge >= 0.3 is 0 Å². The highest BCUT2D eigenvalue weighted by atomic mass is 35.5. The summed E-state index contributed by atoms with van der Waals surface area (Å²) in [5.74, 6) is -7.90. The van der Waals surface area contributed by atoms with Gasteiger partial charge in [0.2, 0.25) is 0 Å².